The molecule has 1 aliphatic heterocycles. The molecule has 1 aliphatic rings. The fraction of sp³-hybridized carbons (Fsp3) is 0.529. The van der Waals surface area contributed by atoms with Crippen molar-refractivity contribution in [2.75, 3.05) is 11.4 Å². The predicted octanol–water partition coefficient (Wildman–Crippen LogP) is 2.97. The van der Waals surface area contributed by atoms with Crippen molar-refractivity contribution in [1.29, 1.82) is 0 Å². The van der Waals surface area contributed by atoms with Crippen LogP contribution in [0.2, 0.25) is 0 Å². The average molecular weight is 257 g/mol. The number of fused-ring (bicyclic) bond motifs is 1. The van der Waals surface area contributed by atoms with E-state index in [4.69, 9.17) is 0 Å². The number of aliphatic hydroxyl groups is 1. The van der Waals surface area contributed by atoms with Crippen LogP contribution in [0.4, 0.5) is 5.69 Å². The standard InChI is InChI=1S/C17H23NO/c1-4-15(19)11-10-14-7-5-9-17-16(14)8-6-12-18(17)13(2)3/h5,7,9,13,15,19H,4,6,8,12H2,1-3H3. The summed E-state index contributed by atoms with van der Waals surface area (Å²) in [6.07, 6.45) is 2.44. The third-order valence-electron chi connectivity index (χ3n) is 3.67. The molecular formula is C17H23NO. The lowest BCUT2D eigenvalue weighted by Gasteiger charge is -2.35. The highest BCUT2D eigenvalue weighted by atomic mass is 16.3. The van der Waals surface area contributed by atoms with Gasteiger partial charge in [-0.1, -0.05) is 24.8 Å². The van der Waals surface area contributed by atoms with Crippen LogP contribution in [0.15, 0.2) is 18.2 Å². The van der Waals surface area contributed by atoms with Crippen LogP contribution in [-0.2, 0) is 6.42 Å². The lowest BCUT2D eigenvalue weighted by atomic mass is 9.95. The number of hydrogen-bond donors (Lipinski definition) is 1. The first-order valence-corrected chi connectivity index (χ1v) is 7.21. The summed E-state index contributed by atoms with van der Waals surface area (Å²) in [5.74, 6) is 6.09. The monoisotopic (exact) mass is 257 g/mol. The molecule has 19 heavy (non-hydrogen) atoms. The fourth-order valence-electron chi connectivity index (χ4n) is 2.57. The van der Waals surface area contributed by atoms with Gasteiger partial charge in [0.2, 0.25) is 0 Å². The van der Waals surface area contributed by atoms with Crippen LogP contribution >= 0.6 is 0 Å². The summed E-state index contributed by atoms with van der Waals surface area (Å²) in [5.41, 5.74) is 3.74. The quantitative estimate of drug-likeness (QED) is 0.823. The Kier molecular flexibility index (Phi) is 4.50. The lowest BCUT2D eigenvalue weighted by molar-refractivity contribution is 0.228. The summed E-state index contributed by atoms with van der Waals surface area (Å²) >= 11 is 0. The predicted molar refractivity (Wildman–Crippen MR) is 80.4 cm³/mol. The number of hydrogen-bond acceptors (Lipinski definition) is 2. The van der Waals surface area contributed by atoms with Gasteiger partial charge in [-0.05, 0) is 50.8 Å². The molecule has 2 heteroatoms. The first kappa shape index (κ1) is 14.0. The molecule has 2 rings (SSSR count). The summed E-state index contributed by atoms with van der Waals surface area (Å²) < 4.78 is 0. The molecule has 1 atom stereocenters. The maximum Gasteiger partial charge on any atom is 0.114 e. The highest BCUT2D eigenvalue weighted by Gasteiger charge is 2.20. The molecule has 1 heterocycles. The molecule has 0 fully saturated rings. The topological polar surface area (TPSA) is 23.5 Å². The second-order valence-corrected chi connectivity index (χ2v) is 5.39. The van der Waals surface area contributed by atoms with Crippen LogP contribution in [0, 0.1) is 11.8 Å². The van der Waals surface area contributed by atoms with E-state index in [2.05, 4.69) is 48.8 Å². The summed E-state index contributed by atoms with van der Waals surface area (Å²) in [6, 6.07) is 6.85. The van der Waals surface area contributed by atoms with Crippen LogP contribution in [0.3, 0.4) is 0 Å². The van der Waals surface area contributed by atoms with Crippen LogP contribution in [0.1, 0.15) is 44.7 Å². The maximum atomic E-state index is 9.58. The Labute approximate surface area is 116 Å². The highest BCUT2D eigenvalue weighted by molar-refractivity contribution is 5.62. The minimum absolute atomic E-state index is 0.513. The number of benzene rings is 1. The van der Waals surface area contributed by atoms with E-state index in [0.29, 0.717) is 12.5 Å². The fourth-order valence-corrected chi connectivity index (χ4v) is 2.57. The van der Waals surface area contributed by atoms with E-state index in [-0.39, 0.29) is 0 Å². The molecule has 1 aromatic rings. The van der Waals surface area contributed by atoms with Gasteiger partial charge in [-0.25, -0.2) is 0 Å². The van der Waals surface area contributed by atoms with Crippen molar-refractivity contribution in [1.82, 2.24) is 0 Å². The van der Waals surface area contributed by atoms with Crippen molar-refractivity contribution in [3.63, 3.8) is 0 Å². The van der Waals surface area contributed by atoms with Gasteiger partial charge in [0.05, 0.1) is 0 Å². The molecule has 0 aromatic heterocycles. The van der Waals surface area contributed by atoms with E-state index >= 15 is 0 Å². The summed E-state index contributed by atoms with van der Waals surface area (Å²) in [4.78, 5) is 2.44. The zero-order chi connectivity index (χ0) is 13.8. The zero-order valence-corrected chi connectivity index (χ0v) is 12.1. The van der Waals surface area contributed by atoms with Gasteiger partial charge in [-0.3, -0.25) is 0 Å². The first-order valence-electron chi connectivity index (χ1n) is 7.21. The van der Waals surface area contributed by atoms with Crippen LogP contribution in [0.25, 0.3) is 0 Å². The Balaban J connectivity index is 2.37. The van der Waals surface area contributed by atoms with Gasteiger partial charge in [0.1, 0.15) is 6.10 Å². The van der Waals surface area contributed by atoms with Gasteiger partial charge in [0.25, 0.3) is 0 Å². The van der Waals surface area contributed by atoms with Crippen LogP contribution in [-0.4, -0.2) is 23.8 Å². The maximum absolute atomic E-state index is 9.58. The molecule has 1 unspecified atom stereocenters. The minimum atomic E-state index is -0.513. The van der Waals surface area contributed by atoms with Crippen molar-refractivity contribution in [2.24, 2.45) is 0 Å². The third-order valence-corrected chi connectivity index (χ3v) is 3.67. The van der Waals surface area contributed by atoms with E-state index in [1.54, 1.807) is 0 Å². The molecule has 102 valence electrons. The van der Waals surface area contributed by atoms with Crippen molar-refractivity contribution < 1.29 is 5.11 Å². The van der Waals surface area contributed by atoms with Gasteiger partial charge in [-0.15, -0.1) is 0 Å². The number of rotatable bonds is 2. The first-order chi connectivity index (χ1) is 9.13. The largest absolute Gasteiger partial charge is 0.380 e. The average Bonchev–Trinajstić information content (AvgIpc) is 2.43. The van der Waals surface area contributed by atoms with E-state index in [9.17, 15) is 5.11 Å². The Bertz CT molecular complexity index is 496. The third kappa shape index (κ3) is 3.11. The molecule has 0 amide bonds. The van der Waals surface area contributed by atoms with E-state index in [1.807, 2.05) is 6.92 Å². The van der Waals surface area contributed by atoms with E-state index in [1.165, 1.54) is 17.7 Å². The van der Waals surface area contributed by atoms with Gasteiger partial charge in [-0.2, -0.15) is 0 Å². The van der Waals surface area contributed by atoms with Crippen molar-refractivity contribution >= 4 is 5.69 Å². The SMILES string of the molecule is CCC(O)C#Cc1cccc2c1CCCN2C(C)C. The molecule has 0 spiro atoms. The minimum Gasteiger partial charge on any atom is -0.380 e. The molecule has 0 saturated carbocycles. The molecule has 0 bridgehead atoms. The molecule has 1 N–H and O–H groups in total. The van der Waals surface area contributed by atoms with Crippen molar-refractivity contribution in [3.8, 4) is 11.8 Å². The van der Waals surface area contributed by atoms with Gasteiger partial charge in [0, 0.05) is 23.8 Å². The Morgan fingerprint density at radius 1 is 1.37 bits per heavy atom. The van der Waals surface area contributed by atoms with Crippen LogP contribution < -0.4 is 4.90 Å². The zero-order valence-electron chi connectivity index (χ0n) is 12.1. The van der Waals surface area contributed by atoms with E-state index in [0.717, 1.165) is 18.5 Å². The molecule has 0 saturated heterocycles. The molecule has 2 nitrogen and oxygen atoms in total. The Morgan fingerprint density at radius 2 is 2.16 bits per heavy atom. The van der Waals surface area contributed by atoms with Gasteiger partial charge in [0.15, 0.2) is 0 Å². The van der Waals surface area contributed by atoms with Crippen molar-refractivity contribution in [2.45, 2.75) is 52.2 Å². The summed E-state index contributed by atoms with van der Waals surface area (Å²) in [6.45, 7) is 7.53. The second-order valence-electron chi connectivity index (χ2n) is 5.39. The molecular weight excluding hydrogens is 234 g/mol. The normalized spacial score (nSPS) is 15.7. The summed E-state index contributed by atoms with van der Waals surface area (Å²) in [7, 11) is 0. The Morgan fingerprint density at radius 3 is 2.84 bits per heavy atom. The van der Waals surface area contributed by atoms with Gasteiger partial charge >= 0.3 is 0 Å². The van der Waals surface area contributed by atoms with Crippen molar-refractivity contribution in [3.05, 3.63) is 29.3 Å². The Hall–Kier alpha value is -1.46. The molecule has 1 aromatic carbocycles. The number of anilines is 1. The number of nitrogens with zero attached hydrogens (tertiary/aromatic N) is 1. The molecule has 0 radical (unpaired) electrons. The molecule has 0 aliphatic carbocycles. The number of aliphatic hydroxyl groups excluding tert-OH is 1. The second kappa shape index (κ2) is 6.12. The van der Waals surface area contributed by atoms with Crippen LogP contribution in [0.5, 0.6) is 0 Å². The highest BCUT2D eigenvalue weighted by Crippen LogP contribution is 2.30. The smallest absolute Gasteiger partial charge is 0.114 e. The lowest BCUT2D eigenvalue weighted by Crippen LogP contribution is -2.35. The van der Waals surface area contributed by atoms with Gasteiger partial charge < -0.3 is 10.0 Å². The van der Waals surface area contributed by atoms with E-state index < -0.39 is 6.10 Å². The summed E-state index contributed by atoms with van der Waals surface area (Å²) in [5, 5.41) is 9.58.